The summed E-state index contributed by atoms with van der Waals surface area (Å²) < 4.78 is 17.9. The number of rotatable bonds is 9. The molecule has 0 fully saturated rings. The first-order valence-electron chi connectivity index (χ1n) is 11.4. The minimum absolute atomic E-state index is 0.0158. The number of benzene rings is 3. The molecule has 0 aliphatic heterocycles. The molecule has 0 radical (unpaired) electrons. The minimum atomic E-state index is -0.445. The number of para-hydroxylation sites is 2. The van der Waals surface area contributed by atoms with Gasteiger partial charge >= 0.3 is 0 Å². The molecular formula is C27H28N4O5. The lowest BCUT2D eigenvalue weighted by molar-refractivity contribution is -0.116. The minimum Gasteiger partial charge on any atom is -0.493 e. The van der Waals surface area contributed by atoms with Gasteiger partial charge in [0.2, 0.25) is 11.7 Å². The van der Waals surface area contributed by atoms with Gasteiger partial charge in [-0.1, -0.05) is 30.3 Å². The molecule has 9 heteroatoms. The van der Waals surface area contributed by atoms with Gasteiger partial charge in [-0.3, -0.25) is 9.59 Å². The molecule has 4 rings (SSSR count). The van der Waals surface area contributed by atoms with E-state index < -0.39 is 6.04 Å². The Morgan fingerprint density at radius 3 is 2.19 bits per heavy atom. The Bertz CT molecular complexity index is 1360. The van der Waals surface area contributed by atoms with Crippen molar-refractivity contribution < 1.29 is 23.8 Å². The molecule has 0 spiro atoms. The highest BCUT2D eigenvalue weighted by atomic mass is 16.5. The number of nitrogens with one attached hydrogen (secondary N) is 2. The van der Waals surface area contributed by atoms with Crippen molar-refractivity contribution in [3.05, 3.63) is 78.1 Å². The average molecular weight is 489 g/mol. The van der Waals surface area contributed by atoms with Crippen LogP contribution in [0.2, 0.25) is 0 Å². The molecule has 0 aliphatic rings. The Balaban J connectivity index is 1.60. The van der Waals surface area contributed by atoms with Gasteiger partial charge in [-0.25, -0.2) is 4.98 Å². The predicted octanol–water partition coefficient (Wildman–Crippen LogP) is 4.19. The van der Waals surface area contributed by atoms with Crippen molar-refractivity contribution >= 4 is 28.5 Å². The van der Waals surface area contributed by atoms with Crippen LogP contribution < -0.4 is 24.8 Å². The summed E-state index contributed by atoms with van der Waals surface area (Å²) in [4.78, 5) is 30.6. The lowest BCUT2D eigenvalue weighted by Crippen LogP contribution is -2.30. The van der Waals surface area contributed by atoms with E-state index in [1.165, 1.54) is 21.3 Å². The van der Waals surface area contributed by atoms with Gasteiger partial charge in [-0.15, -0.1) is 0 Å². The Labute approximate surface area is 209 Å². The molecule has 2 N–H and O–H groups in total. The fraction of sp³-hybridized carbons (Fsp3) is 0.222. The summed E-state index contributed by atoms with van der Waals surface area (Å²) in [6.07, 6.45) is 0. The van der Waals surface area contributed by atoms with Gasteiger partial charge in [0, 0.05) is 23.4 Å². The zero-order chi connectivity index (χ0) is 25.7. The molecule has 1 aromatic heterocycles. The van der Waals surface area contributed by atoms with E-state index >= 15 is 0 Å². The smallest absolute Gasteiger partial charge is 0.251 e. The number of aromatic nitrogens is 2. The summed E-state index contributed by atoms with van der Waals surface area (Å²) in [5, 5.41) is 5.87. The normalized spacial score (nSPS) is 11.6. The van der Waals surface area contributed by atoms with Gasteiger partial charge in [0.05, 0.1) is 38.4 Å². The lowest BCUT2D eigenvalue weighted by atomic mass is 10.2. The molecule has 0 aliphatic carbocycles. The topological polar surface area (TPSA) is 104 Å². The van der Waals surface area contributed by atoms with E-state index in [9.17, 15) is 9.59 Å². The lowest BCUT2D eigenvalue weighted by Gasteiger charge is -2.17. The zero-order valence-electron chi connectivity index (χ0n) is 20.6. The highest BCUT2D eigenvalue weighted by molar-refractivity contribution is 5.95. The maximum absolute atomic E-state index is 13.1. The quantitative estimate of drug-likeness (QED) is 0.366. The standard InChI is InChI=1S/C27H28N4O5/c1-17(28-27(33)18-10-6-5-7-11-18)26-30-20-12-8-9-13-21(20)31(26)16-24(32)29-19-14-22(34-2)25(36-4)23(15-19)35-3/h5-15,17H,16H2,1-4H3,(H,28,33)(H,29,32)/t17-/m1/s1. The van der Waals surface area contributed by atoms with Crippen molar-refractivity contribution in [3.63, 3.8) is 0 Å². The number of ether oxygens (including phenoxy) is 3. The summed E-state index contributed by atoms with van der Waals surface area (Å²) in [5.74, 6) is 1.36. The third-order valence-electron chi connectivity index (χ3n) is 5.71. The number of carbonyl (C=O) groups excluding carboxylic acids is 2. The number of fused-ring (bicyclic) bond motifs is 1. The second kappa shape index (κ2) is 10.8. The van der Waals surface area contributed by atoms with E-state index in [2.05, 4.69) is 10.6 Å². The Morgan fingerprint density at radius 2 is 1.56 bits per heavy atom. The molecular weight excluding hydrogens is 460 g/mol. The summed E-state index contributed by atoms with van der Waals surface area (Å²) in [5.41, 5.74) is 2.56. The number of hydrogen-bond donors (Lipinski definition) is 2. The molecule has 36 heavy (non-hydrogen) atoms. The number of amides is 2. The summed E-state index contributed by atoms with van der Waals surface area (Å²) in [6.45, 7) is 1.83. The monoisotopic (exact) mass is 488 g/mol. The average Bonchev–Trinajstić information content (AvgIpc) is 3.26. The number of nitrogens with zero attached hydrogens (tertiary/aromatic N) is 2. The third kappa shape index (κ3) is 5.10. The largest absolute Gasteiger partial charge is 0.493 e. The van der Waals surface area contributed by atoms with E-state index in [0.717, 1.165) is 11.0 Å². The van der Waals surface area contributed by atoms with Crippen molar-refractivity contribution in [1.82, 2.24) is 14.9 Å². The maximum Gasteiger partial charge on any atom is 0.251 e. The molecule has 9 nitrogen and oxygen atoms in total. The van der Waals surface area contributed by atoms with Gasteiger partial charge < -0.3 is 29.4 Å². The van der Waals surface area contributed by atoms with Gasteiger partial charge in [0.1, 0.15) is 12.4 Å². The predicted molar refractivity (Wildman–Crippen MR) is 137 cm³/mol. The highest BCUT2D eigenvalue weighted by Gasteiger charge is 2.21. The van der Waals surface area contributed by atoms with E-state index in [1.807, 2.05) is 49.4 Å². The van der Waals surface area contributed by atoms with Crippen molar-refractivity contribution in [3.8, 4) is 17.2 Å². The van der Waals surface area contributed by atoms with Crippen LogP contribution in [0.1, 0.15) is 29.1 Å². The molecule has 2 amide bonds. The van der Waals surface area contributed by atoms with Crippen LogP contribution in [-0.4, -0.2) is 42.7 Å². The molecule has 186 valence electrons. The third-order valence-corrected chi connectivity index (χ3v) is 5.71. The van der Waals surface area contributed by atoms with E-state index in [0.29, 0.717) is 34.3 Å². The number of hydrogen-bond acceptors (Lipinski definition) is 6. The van der Waals surface area contributed by atoms with Crippen LogP contribution in [0.4, 0.5) is 5.69 Å². The van der Waals surface area contributed by atoms with E-state index in [4.69, 9.17) is 19.2 Å². The number of imidazole rings is 1. The first-order chi connectivity index (χ1) is 17.4. The maximum atomic E-state index is 13.1. The van der Waals surface area contributed by atoms with Gasteiger partial charge in [0.25, 0.3) is 5.91 Å². The fourth-order valence-electron chi connectivity index (χ4n) is 4.02. The summed E-state index contributed by atoms with van der Waals surface area (Å²) in [6, 6.07) is 19.4. The summed E-state index contributed by atoms with van der Waals surface area (Å²) >= 11 is 0. The number of carbonyl (C=O) groups is 2. The fourth-order valence-corrected chi connectivity index (χ4v) is 4.02. The molecule has 1 atom stereocenters. The number of anilines is 1. The molecule has 0 saturated heterocycles. The molecule has 0 saturated carbocycles. The first kappa shape index (κ1) is 24.6. The van der Waals surface area contributed by atoms with Crippen molar-refractivity contribution in [2.24, 2.45) is 0 Å². The Hall–Kier alpha value is -4.53. The molecule has 3 aromatic carbocycles. The van der Waals surface area contributed by atoms with Gasteiger partial charge in [-0.05, 0) is 31.2 Å². The second-order valence-corrected chi connectivity index (χ2v) is 8.07. The van der Waals surface area contributed by atoms with E-state index in [1.54, 1.807) is 28.8 Å². The van der Waals surface area contributed by atoms with Crippen LogP contribution in [0, 0.1) is 0 Å². The van der Waals surface area contributed by atoms with Gasteiger partial charge in [-0.2, -0.15) is 0 Å². The van der Waals surface area contributed by atoms with Crippen LogP contribution >= 0.6 is 0 Å². The summed E-state index contributed by atoms with van der Waals surface area (Å²) in [7, 11) is 4.54. The van der Waals surface area contributed by atoms with Gasteiger partial charge in [0.15, 0.2) is 11.5 Å². The van der Waals surface area contributed by atoms with Crippen LogP contribution in [0.5, 0.6) is 17.2 Å². The highest BCUT2D eigenvalue weighted by Crippen LogP contribution is 2.40. The Morgan fingerprint density at radius 1 is 0.917 bits per heavy atom. The van der Waals surface area contributed by atoms with Crippen molar-refractivity contribution in [1.29, 1.82) is 0 Å². The van der Waals surface area contributed by atoms with Crippen molar-refractivity contribution in [2.45, 2.75) is 19.5 Å². The van der Waals surface area contributed by atoms with Crippen molar-refractivity contribution in [2.75, 3.05) is 26.6 Å². The molecule has 0 bridgehead atoms. The SMILES string of the molecule is COc1cc(NC(=O)Cn2c([C@@H](C)NC(=O)c3ccccc3)nc3ccccc32)cc(OC)c1OC. The number of methoxy groups -OCH3 is 3. The van der Waals surface area contributed by atoms with Crippen LogP contribution in [0.25, 0.3) is 11.0 Å². The van der Waals surface area contributed by atoms with E-state index in [-0.39, 0.29) is 18.4 Å². The molecule has 4 aromatic rings. The molecule has 1 heterocycles. The van der Waals surface area contributed by atoms with Crippen LogP contribution in [0.15, 0.2) is 66.7 Å². The zero-order valence-corrected chi connectivity index (χ0v) is 20.6. The van der Waals surface area contributed by atoms with Crippen LogP contribution in [0.3, 0.4) is 0 Å². The Kier molecular flexibility index (Phi) is 7.39. The second-order valence-electron chi connectivity index (χ2n) is 8.07. The van der Waals surface area contributed by atoms with Crippen LogP contribution in [-0.2, 0) is 11.3 Å². The first-order valence-corrected chi connectivity index (χ1v) is 11.4. The molecule has 0 unspecified atom stereocenters.